The lowest BCUT2D eigenvalue weighted by atomic mass is 10.2. The summed E-state index contributed by atoms with van der Waals surface area (Å²) in [6.07, 6.45) is 1.73. The van der Waals surface area contributed by atoms with Crippen molar-refractivity contribution in [2.75, 3.05) is 5.73 Å². The highest BCUT2D eigenvalue weighted by molar-refractivity contribution is 7.21. The van der Waals surface area contributed by atoms with Crippen LogP contribution in [0.2, 0.25) is 0 Å². The van der Waals surface area contributed by atoms with Crippen LogP contribution in [-0.2, 0) is 0 Å². The Morgan fingerprint density at radius 3 is 2.90 bits per heavy atom. The quantitative estimate of drug-likeness (QED) is 0.779. The van der Waals surface area contributed by atoms with Crippen molar-refractivity contribution in [2.45, 2.75) is 13.0 Å². The van der Waals surface area contributed by atoms with Crippen LogP contribution in [0.15, 0.2) is 35.8 Å². The van der Waals surface area contributed by atoms with Crippen LogP contribution < -0.4 is 11.1 Å². The second-order valence-electron chi connectivity index (χ2n) is 4.41. The number of rotatable bonds is 3. The zero-order chi connectivity index (χ0) is 14.1. The Balaban J connectivity index is 1.87. The number of anilines is 1. The van der Waals surface area contributed by atoms with Crippen molar-refractivity contribution in [2.24, 2.45) is 0 Å². The molecular formula is C14H13N3OS2. The van der Waals surface area contributed by atoms with Crippen LogP contribution in [0, 0.1) is 0 Å². The Bertz CT molecular complexity index is 749. The van der Waals surface area contributed by atoms with Crippen LogP contribution in [0.4, 0.5) is 5.69 Å². The van der Waals surface area contributed by atoms with Crippen molar-refractivity contribution >= 4 is 44.4 Å². The summed E-state index contributed by atoms with van der Waals surface area (Å²) in [7, 11) is 0. The highest BCUT2D eigenvalue weighted by Crippen LogP contribution is 2.33. The van der Waals surface area contributed by atoms with Gasteiger partial charge in [0.25, 0.3) is 5.91 Å². The molecule has 20 heavy (non-hydrogen) atoms. The van der Waals surface area contributed by atoms with E-state index in [0.717, 1.165) is 15.1 Å². The third-order valence-corrected chi connectivity index (χ3v) is 5.15. The zero-order valence-electron chi connectivity index (χ0n) is 10.8. The van der Waals surface area contributed by atoms with E-state index in [2.05, 4.69) is 10.3 Å². The molecule has 1 unspecified atom stereocenters. The van der Waals surface area contributed by atoms with Crippen molar-refractivity contribution < 1.29 is 4.79 Å². The largest absolute Gasteiger partial charge is 0.397 e. The molecule has 1 atom stereocenters. The number of nitrogen functional groups attached to an aromatic ring is 1. The standard InChI is InChI=1S/C14H13N3OS2/c1-8(14-16-6-7-19-14)17-13(18)12-11(15)9-4-2-3-5-10(9)20-12/h2-8H,15H2,1H3,(H,17,18). The Kier molecular flexibility index (Phi) is 3.42. The smallest absolute Gasteiger partial charge is 0.264 e. The van der Waals surface area contributed by atoms with Gasteiger partial charge in [0, 0.05) is 21.7 Å². The molecule has 3 aromatic rings. The average Bonchev–Trinajstić information content (AvgIpc) is 3.07. The number of nitrogens with zero attached hydrogens (tertiary/aromatic N) is 1. The molecule has 0 radical (unpaired) electrons. The molecule has 0 aliphatic rings. The molecule has 0 saturated carbocycles. The molecule has 0 fully saturated rings. The summed E-state index contributed by atoms with van der Waals surface area (Å²) in [4.78, 5) is 17.1. The summed E-state index contributed by atoms with van der Waals surface area (Å²) in [5, 5.41) is 6.66. The van der Waals surface area contributed by atoms with Gasteiger partial charge in [0.1, 0.15) is 9.88 Å². The van der Waals surface area contributed by atoms with E-state index in [-0.39, 0.29) is 11.9 Å². The first-order valence-electron chi connectivity index (χ1n) is 6.14. The lowest BCUT2D eigenvalue weighted by molar-refractivity contribution is 0.0945. The third-order valence-electron chi connectivity index (χ3n) is 3.01. The van der Waals surface area contributed by atoms with Crippen LogP contribution >= 0.6 is 22.7 Å². The summed E-state index contributed by atoms with van der Waals surface area (Å²) in [6, 6.07) is 7.65. The first kappa shape index (κ1) is 13.1. The highest BCUT2D eigenvalue weighted by Gasteiger charge is 2.19. The van der Waals surface area contributed by atoms with Crippen molar-refractivity contribution in [1.29, 1.82) is 0 Å². The highest BCUT2D eigenvalue weighted by atomic mass is 32.1. The molecule has 3 N–H and O–H groups in total. The number of thiazole rings is 1. The van der Waals surface area contributed by atoms with Gasteiger partial charge in [-0.2, -0.15) is 0 Å². The number of aromatic nitrogens is 1. The summed E-state index contributed by atoms with van der Waals surface area (Å²) < 4.78 is 1.03. The van der Waals surface area contributed by atoms with E-state index in [1.807, 2.05) is 36.6 Å². The molecule has 102 valence electrons. The first-order chi connectivity index (χ1) is 9.66. The number of carbonyl (C=O) groups is 1. The van der Waals surface area contributed by atoms with E-state index in [1.54, 1.807) is 6.20 Å². The predicted molar refractivity (Wildman–Crippen MR) is 84.2 cm³/mol. The second kappa shape index (κ2) is 5.22. The number of hydrogen-bond donors (Lipinski definition) is 2. The van der Waals surface area contributed by atoms with Gasteiger partial charge in [0.15, 0.2) is 0 Å². The monoisotopic (exact) mass is 303 g/mol. The van der Waals surface area contributed by atoms with Gasteiger partial charge in [0.05, 0.1) is 11.7 Å². The SMILES string of the molecule is CC(NC(=O)c1sc2ccccc2c1N)c1nccs1. The molecule has 0 aliphatic carbocycles. The maximum absolute atomic E-state index is 12.3. The minimum absolute atomic E-state index is 0.118. The second-order valence-corrected chi connectivity index (χ2v) is 6.38. The molecule has 1 aromatic carbocycles. The number of thiophene rings is 1. The maximum atomic E-state index is 12.3. The molecule has 0 bridgehead atoms. The molecule has 0 saturated heterocycles. The average molecular weight is 303 g/mol. The van der Waals surface area contributed by atoms with Gasteiger partial charge in [0.2, 0.25) is 0 Å². The molecule has 1 amide bonds. The van der Waals surface area contributed by atoms with Crippen LogP contribution in [-0.4, -0.2) is 10.9 Å². The van der Waals surface area contributed by atoms with Crippen molar-refractivity contribution in [1.82, 2.24) is 10.3 Å². The summed E-state index contributed by atoms with van der Waals surface area (Å²) in [5.41, 5.74) is 6.62. The lowest BCUT2D eigenvalue weighted by Gasteiger charge is -2.10. The number of nitrogens with two attached hydrogens (primary N) is 1. The van der Waals surface area contributed by atoms with Crippen molar-refractivity contribution in [3.63, 3.8) is 0 Å². The van der Waals surface area contributed by atoms with Crippen molar-refractivity contribution in [3.8, 4) is 0 Å². The van der Waals surface area contributed by atoms with E-state index in [0.29, 0.717) is 10.6 Å². The molecular weight excluding hydrogens is 290 g/mol. The van der Waals surface area contributed by atoms with E-state index >= 15 is 0 Å². The Labute approximate surface area is 124 Å². The van der Waals surface area contributed by atoms with Crippen molar-refractivity contribution in [3.05, 3.63) is 45.7 Å². The van der Waals surface area contributed by atoms with Gasteiger partial charge < -0.3 is 11.1 Å². The number of fused-ring (bicyclic) bond motifs is 1. The summed E-state index contributed by atoms with van der Waals surface area (Å²) >= 11 is 2.94. The normalized spacial score (nSPS) is 12.4. The number of benzene rings is 1. The van der Waals surface area contributed by atoms with Gasteiger partial charge in [-0.05, 0) is 13.0 Å². The van der Waals surface area contributed by atoms with Crippen LogP contribution in [0.25, 0.3) is 10.1 Å². The van der Waals surface area contributed by atoms with E-state index < -0.39 is 0 Å². The number of nitrogens with one attached hydrogen (secondary N) is 1. The van der Waals surface area contributed by atoms with E-state index in [1.165, 1.54) is 22.7 Å². The van der Waals surface area contributed by atoms with Gasteiger partial charge in [-0.1, -0.05) is 18.2 Å². The zero-order valence-corrected chi connectivity index (χ0v) is 12.4. The molecule has 2 aromatic heterocycles. The fraction of sp³-hybridized carbons (Fsp3) is 0.143. The topological polar surface area (TPSA) is 68.0 Å². The lowest BCUT2D eigenvalue weighted by Crippen LogP contribution is -2.26. The molecule has 0 aliphatic heterocycles. The molecule has 4 nitrogen and oxygen atoms in total. The molecule has 6 heteroatoms. The molecule has 2 heterocycles. The van der Waals surface area contributed by atoms with Crippen LogP contribution in [0.3, 0.4) is 0 Å². The molecule has 3 rings (SSSR count). The first-order valence-corrected chi connectivity index (χ1v) is 7.83. The Morgan fingerprint density at radius 1 is 1.40 bits per heavy atom. The summed E-state index contributed by atoms with van der Waals surface area (Å²) in [5.74, 6) is -0.147. The van der Waals surface area contributed by atoms with E-state index in [4.69, 9.17) is 5.73 Å². The fourth-order valence-electron chi connectivity index (χ4n) is 2.01. The number of carbonyl (C=O) groups excluding carboxylic acids is 1. The van der Waals surface area contributed by atoms with E-state index in [9.17, 15) is 4.79 Å². The minimum atomic E-state index is -0.147. The number of hydrogen-bond acceptors (Lipinski definition) is 5. The predicted octanol–water partition coefficient (Wildman–Crippen LogP) is 3.43. The minimum Gasteiger partial charge on any atom is -0.397 e. The number of amides is 1. The van der Waals surface area contributed by atoms with Gasteiger partial charge in [-0.25, -0.2) is 4.98 Å². The Hall–Kier alpha value is -1.92. The van der Waals surface area contributed by atoms with Crippen LogP contribution in [0.1, 0.15) is 27.6 Å². The Morgan fingerprint density at radius 2 is 2.20 bits per heavy atom. The van der Waals surface area contributed by atoms with Gasteiger partial charge in [-0.3, -0.25) is 4.79 Å². The third kappa shape index (κ3) is 2.28. The van der Waals surface area contributed by atoms with Gasteiger partial charge in [-0.15, -0.1) is 22.7 Å². The fourth-order valence-corrected chi connectivity index (χ4v) is 3.68. The van der Waals surface area contributed by atoms with Crippen LogP contribution in [0.5, 0.6) is 0 Å². The molecule has 0 spiro atoms. The van der Waals surface area contributed by atoms with Gasteiger partial charge >= 0.3 is 0 Å². The summed E-state index contributed by atoms with van der Waals surface area (Å²) in [6.45, 7) is 1.92. The maximum Gasteiger partial charge on any atom is 0.264 e.